The zero-order valence-electron chi connectivity index (χ0n) is 13.2. The summed E-state index contributed by atoms with van der Waals surface area (Å²) < 4.78 is 0. The predicted octanol–water partition coefficient (Wildman–Crippen LogP) is 5.53. The SMILES string of the molecule is Cc1ccc(N(C2=CC3CC3C=C2)c2ccc(C)cc2)cc1. The van der Waals surface area contributed by atoms with Crippen LogP contribution in [0.4, 0.5) is 11.4 Å². The molecule has 2 aromatic rings. The van der Waals surface area contributed by atoms with Crippen LogP contribution in [0.2, 0.25) is 0 Å². The number of rotatable bonds is 3. The second-order valence-electron chi connectivity index (χ2n) is 6.52. The highest BCUT2D eigenvalue weighted by Crippen LogP contribution is 2.46. The largest absolute Gasteiger partial charge is 0.311 e. The van der Waals surface area contributed by atoms with Gasteiger partial charge in [-0.3, -0.25) is 0 Å². The Bertz CT molecular complexity index is 689. The van der Waals surface area contributed by atoms with Gasteiger partial charge in [0.05, 0.1) is 0 Å². The van der Waals surface area contributed by atoms with Crippen LogP contribution in [0.1, 0.15) is 17.5 Å². The van der Waals surface area contributed by atoms with E-state index in [-0.39, 0.29) is 0 Å². The summed E-state index contributed by atoms with van der Waals surface area (Å²) in [6.07, 6.45) is 8.41. The van der Waals surface area contributed by atoms with Crippen molar-refractivity contribution in [3.8, 4) is 0 Å². The molecule has 2 aliphatic rings. The molecule has 2 unspecified atom stereocenters. The highest BCUT2D eigenvalue weighted by molar-refractivity contribution is 5.71. The molecule has 0 bridgehead atoms. The summed E-state index contributed by atoms with van der Waals surface area (Å²) in [5.41, 5.74) is 6.34. The lowest BCUT2D eigenvalue weighted by Crippen LogP contribution is -2.16. The lowest BCUT2D eigenvalue weighted by molar-refractivity contribution is 0.950. The average Bonchev–Trinajstić information content (AvgIpc) is 3.30. The molecular formula is C21H21N. The molecular weight excluding hydrogens is 266 g/mol. The van der Waals surface area contributed by atoms with Gasteiger partial charge in [0.2, 0.25) is 0 Å². The Morgan fingerprint density at radius 3 is 1.82 bits per heavy atom. The van der Waals surface area contributed by atoms with Gasteiger partial charge in [0.15, 0.2) is 0 Å². The molecule has 1 saturated carbocycles. The van der Waals surface area contributed by atoms with Gasteiger partial charge in [-0.25, -0.2) is 0 Å². The van der Waals surface area contributed by atoms with Crippen molar-refractivity contribution in [1.29, 1.82) is 0 Å². The molecule has 2 aliphatic carbocycles. The molecule has 0 saturated heterocycles. The van der Waals surface area contributed by atoms with Crippen LogP contribution >= 0.6 is 0 Å². The van der Waals surface area contributed by atoms with Crippen LogP contribution in [-0.2, 0) is 0 Å². The summed E-state index contributed by atoms with van der Waals surface area (Å²) in [5, 5.41) is 0. The molecule has 0 radical (unpaired) electrons. The molecule has 0 aliphatic heterocycles. The van der Waals surface area contributed by atoms with E-state index in [4.69, 9.17) is 0 Å². The monoisotopic (exact) mass is 287 g/mol. The van der Waals surface area contributed by atoms with Crippen molar-refractivity contribution in [3.05, 3.63) is 83.6 Å². The van der Waals surface area contributed by atoms with Crippen molar-refractivity contribution < 1.29 is 0 Å². The van der Waals surface area contributed by atoms with Crippen molar-refractivity contribution in [3.63, 3.8) is 0 Å². The quantitative estimate of drug-likeness (QED) is 0.717. The van der Waals surface area contributed by atoms with E-state index in [0.717, 1.165) is 11.8 Å². The minimum Gasteiger partial charge on any atom is -0.311 e. The van der Waals surface area contributed by atoms with E-state index in [1.54, 1.807) is 0 Å². The maximum Gasteiger partial charge on any atom is 0.0461 e. The van der Waals surface area contributed by atoms with Crippen molar-refractivity contribution in [2.75, 3.05) is 4.90 Å². The fourth-order valence-electron chi connectivity index (χ4n) is 3.13. The molecule has 22 heavy (non-hydrogen) atoms. The van der Waals surface area contributed by atoms with E-state index in [1.807, 2.05) is 0 Å². The van der Waals surface area contributed by atoms with E-state index in [1.165, 1.54) is 34.6 Å². The van der Waals surface area contributed by atoms with Crippen molar-refractivity contribution in [2.24, 2.45) is 11.8 Å². The molecule has 0 amide bonds. The topological polar surface area (TPSA) is 3.24 Å². The molecule has 0 heterocycles. The summed E-state index contributed by atoms with van der Waals surface area (Å²) >= 11 is 0. The highest BCUT2D eigenvalue weighted by atomic mass is 15.1. The number of anilines is 2. The lowest BCUT2D eigenvalue weighted by atomic mass is 10.1. The third kappa shape index (κ3) is 2.48. The third-order valence-electron chi connectivity index (χ3n) is 4.63. The number of fused-ring (bicyclic) bond motifs is 1. The number of hydrogen-bond donors (Lipinski definition) is 0. The Hall–Kier alpha value is -2.28. The van der Waals surface area contributed by atoms with Crippen LogP contribution in [0.5, 0.6) is 0 Å². The van der Waals surface area contributed by atoms with Gasteiger partial charge in [-0.1, -0.05) is 47.5 Å². The minimum absolute atomic E-state index is 0.749. The van der Waals surface area contributed by atoms with Gasteiger partial charge < -0.3 is 4.90 Å². The zero-order valence-corrected chi connectivity index (χ0v) is 13.2. The Balaban J connectivity index is 1.78. The van der Waals surface area contributed by atoms with Crippen molar-refractivity contribution >= 4 is 11.4 Å². The van der Waals surface area contributed by atoms with E-state index in [9.17, 15) is 0 Å². The van der Waals surface area contributed by atoms with Crippen molar-refractivity contribution in [2.45, 2.75) is 20.3 Å². The zero-order chi connectivity index (χ0) is 15.1. The van der Waals surface area contributed by atoms with Gasteiger partial charge in [0.1, 0.15) is 0 Å². The fourth-order valence-corrected chi connectivity index (χ4v) is 3.13. The first-order valence-corrected chi connectivity index (χ1v) is 8.04. The molecule has 0 aromatic heterocycles. The maximum atomic E-state index is 2.43. The number of hydrogen-bond acceptors (Lipinski definition) is 1. The van der Waals surface area contributed by atoms with Gasteiger partial charge >= 0.3 is 0 Å². The molecule has 1 nitrogen and oxygen atoms in total. The second-order valence-corrected chi connectivity index (χ2v) is 6.52. The normalized spacial score (nSPS) is 22.0. The van der Waals surface area contributed by atoms with Crippen LogP contribution in [0.25, 0.3) is 0 Å². The third-order valence-corrected chi connectivity index (χ3v) is 4.63. The van der Waals surface area contributed by atoms with Crippen LogP contribution in [0, 0.1) is 25.7 Å². The molecule has 0 N–H and O–H groups in total. The minimum atomic E-state index is 0.749. The highest BCUT2D eigenvalue weighted by Gasteiger charge is 2.36. The lowest BCUT2D eigenvalue weighted by Gasteiger charge is -2.27. The first-order chi connectivity index (χ1) is 10.7. The summed E-state index contributed by atoms with van der Waals surface area (Å²) in [5.74, 6) is 1.54. The number of nitrogens with zero attached hydrogens (tertiary/aromatic N) is 1. The fraction of sp³-hybridized carbons (Fsp3) is 0.238. The summed E-state index contributed by atoms with van der Waals surface area (Å²) in [6.45, 7) is 4.27. The van der Waals surface area contributed by atoms with Crippen LogP contribution in [-0.4, -0.2) is 0 Å². The van der Waals surface area contributed by atoms with Gasteiger partial charge in [-0.05, 0) is 62.4 Å². The van der Waals surface area contributed by atoms with Gasteiger partial charge in [-0.2, -0.15) is 0 Å². The molecule has 110 valence electrons. The van der Waals surface area contributed by atoms with E-state index < -0.39 is 0 Å². The second kappa shape index (κ2) is 5.17. The van der Waals surface area contributed by atoms with E-state index in [0.29, 0.717) is 0 Å². The maximum absolute atomic E-state index is 2.43. The van der Waals surface area contributed by atoms with Crippen LogP contribution in [0.15, 0.2) is 72.5 Å². The molecule has 2 aromatic carbocycles. The van der Waals surface area contributed by atoms with Gasteiger partial charge in [-0.15, -0.1) is 0 Å². The first kappa shape index (κ1) is 13.4. The molecule has 1 fully saturated rings. The summed E-state index contributed by atoms with van der Waals surface area (Å²) in [6, 6.07) is 17.6. The van der Waals surface area contributed by atoms with Crippen molar-refractivity contribution in [1.82, 2.24) is 0 Å². The molecule has 4 rings (SSSR count). The number of allylic oxidation sites excluding steroid dienone is 3. The standard InChI is InChI=1S/C21H21N/c1-15-3-8-19(9-4-15)22(20-10-5-16(2)6-11-20)21-12-7-17-13-18(17)14-21/h3-12,14,17-18H,13H2,1-2H3. The Morgan fingerprint density at radius 2 is 1.32 bits per heavy atom. The summed E-state index contributed by atoms with van der Waals surface area (Å²) in [4.78, 5) is 2.36. The predicted molar refractivity (Wildman–Crippen MR) is 93.3 cm³/mol. The van der Waals surface area contributed by atoms with E-state index >= 15 is 0 Å². The average molecular weight is 287 g/mol. The number of aryl methyl sites for hydroxylation is 2. The molecule has 1 heteroatoms. The van der Waals surface area contributed by atoms with Crippen LogP contribution < -0.4 is 4.90 Å². The Kier molecular flexibility index (Phi) is 3.15. The Morgan fingerprint density at radius 1 is 0.773 bits per heavy atom. The Labute approximate surface area is 132 Å². The van der Waals surface area contributed by atoms with Crippen LogP contribution in [0.3, 0.4) is 0 Å². The molecule has 0 spiro atoms. The first-order valence-electron chi connectivity index (χ1n) is 8.04. The molecule has 2 atom stereocenters. The summed E-state index contributed by atoms with van der Waals surface area (Å²) in [7, 11) is 0. The number of benzene rings is 2. The van der Waals surface area contributed by atoms with Gasteiger partial charge in [0, 0.05) is 17.1 Å². The van der Waals surface area contributed by atoms with Gasteiger partial charge in [0.25, 0.3) is 0 Å². The smallest absolute Gasteiger partial charge is 0.0461 e. The van der Waals surface area contributed by atoms with E-state index in [2.05, 4.69) is 85.5 Å².